The molecule has 138 valence electrons. The van der Waals surface area contributed by atoms with Crippen LogP contribution in [0.25, 0.3) is 0 Å². The van der Waals surface area contributed by atoms with Crippen LogP contribution in [0.1, 0.15) is 23.2 Å². The molecular formula is C20H23FN2O3. The van der Waals surface area contributed by atoms with E-state index in [1.807, 2.05) is 24.0 Å². The Bertz CT molecular complexity index is 764. The van der Waals surface area contributed by atoms with E-state index in [4.69, 9.17) is 0 Å². The van der Waals surface area contributed by atoms with E-state index in [1.54, 1.807) is 18.3 Å². The van der Waals surface area contributed by atoms with Crippen molar-refractivity contribution in [3.63, 3.8) is 0 Å². The van der Waals surface area contributed by atoms with Gasteiger partial charge in [0, 0.05) is 25.8 Å². The first-order chi connectivity index (χ1) is 12.4. The largest absolute Gasteiger partial charge is 0.481 e. The normalized spacial score (nSPS) is 23.7. The highest BCUT2D eigenvalue weighted by Gasteiger charge is 2.49. The Kier molecular flexibility index (Phi) is 5.34. The lowest BCUT2D eigenvalue weighted by Crippen LogP contribution is -2.56. The van der Waals surface area contributed by atoms with Crippen LogP contribution in [0.3, 0.4) is 0 Å². The highest BCUT2D eigenvalue weighted by molar-refractivity contribution is 5.76. The summed E-state index contributed by atoms with van der Waals surface area (Å²) in [5.74, 6) is -1.40. The number of nitrogens with zero attached hydrogens (tertiary/aromatic N) is 2. The van der Waals surface area contributed by atoms with Crippen LogP contribution in [0, 0.1) is 18.2 Å². The Hall–Kier alpha value is -2.31. The number of aliphatic hydroxyl groups is 1. The quantitative estimate of drug-likeness (QED) is 0.859. The number of carboxylic acid groups (broad SMARTS) is 1. The number of aliphatic carboxylic acids is 1. The van der Waals surface area contributed by atoms with Crippen LogP contribution in [0.5, 0.6) is 0 Å². The second-order valence-electron chi connectivity index (χ2n) is 7.11. The van der Waals surface area contributed by atoms with Gasteiger partial charge in [-0.05, 0) is 49.1 Å². The molecule has 26 heavy (non-hydrogen) atoms. The molecule has 3 rings (SSSR count). The molecule has 0 amide bonds. The molecule has 0 aliphatic carbocycles. The van der Waals surface area contributed by atoms with Crippen LogP contribution in [0.15, 0.2) is 42.6 Å². The van der Waals surface area contributed by atoms with E-state index >= 15 is 0 Å². The zero-order chi connectivity index (χ0) is 18.7. The summed E-state index contributed by atoms with van der Waals surface area (Å²) in [4.78, 5) is 18.5. The van der Waals surface area contributed by atoms with Gasteiger partial charge in [-0.3, -0.25) is 14.7 Å². The summed E-state index contributed by atoms with van der Waals surface area (Å²) in [6.07, 6.45) is 1.37. The highest BCUT2D eigenvalue weighted by atomic mass is 19.1. The van der Waals surface area contributed by atoms with Crippen LogP contribution in [0.4, 0.5) is 4.39 Å². The van der Waals surface area contributed by atoms with Crippen LogP contribution < -0.4 is 0 Å². The third kappa shape index (κ3) is 3.92. The molecule has 1 aliphatic rings. The number of piperidine rings is 1. The molecule has 1 aromatic carbocycles. The van der Waals surface area contributed by atoms with E-state index in [2.05, 4.69) is 4.98 Å². The number of hydrogen-bond acceptors (Lipinski definition) is 4. The summed E-state index contributed by atoms with van der Waals surface area (Å²) in [5, 5.41) is 20.4. The van der Waals surface area contributed by atoms with E-state index in [-0.39, 0.29) is 18.8 Å². The van der Waals surface area contributed by atoms with Crippen molar-refractivity contribution in [1.82, 2.24) is 9.88 Å². The summed E-state index contributed by atoms with van der Waals surface area (Å²) < 4.78 is 13.1. The van der Waals surface area contributed by atoms with Gasteiger partial charge in [0.05, 0.1) is 11.8 Å². The number of aliphatic hydroxyl groups excluding tert-OH is 1. The van der Waals surface area contributed by atoms with Crippen molar-refractivity contribution in [1.29, 1.82) is 0 Å². The molecular weight excluding hydrogens is 335 g/mol. The van der Waals surface area contributed by atoms with Gasteiger partial charge in [-0.25, -0.2) is 4.39 Å². The number of carbonyl (C=O) groups is 1. The third-order valence-electron chi connectivity index (χ3n) is 5.08. The molecule has 0 saturated carbocycles. The second-order valence-corrected chi connectivity index (χ2v) is 7.11. The van der Waals surface area contributed by atoms with Gasteiger partial charge in [-0.1, -0.05) is 18.2 Å². The minimum atomic E-state index is -1.32. The molecule has 0 unspecified atom stereocenters. The number of aryl methyl sites for hydroxylation is 1. The minimum absolute atomic E-state index is 0.154. The van der Waals surface area contributed by atoms with Crippen molar-refractivity contribution in [2.45, 2.75) is 32.4 Å². The summed E-state index contributed by atoms with van der Waals surface area (Å²) >= 11 is 0. The maximum atomic E-state index is 13.1. The lowest BCUT2D eigenvalue weighted by Gasteiger charge is -2.43. The first-order valence-electron chi connectivity index (χ1n) is 8.69. The molecule has 1 aliphatic heterocycles. The fourth-order valence-electron chi connectivity index (χ4n) is 3.55. The average molecular weight is 358 g/mol. The zero-order valence-electron chi connectivity index (χ0n) is 14.7. The van der Waals surface area contributed by atoms with E-state index < -0.39 is 17.5 Å². The van der Waals surface area contributed by atoms with Crippen molar-refractivity contribution in [3.8, 4) is 0 Å². The second kappa shape index (κ2) is 7.51. The van der Waals surface area contributed by atoms with Crippen molar-refractivity contribution in [2.24, 2.45) is 5.41 Å². The molecule has 0 bridgehead atoms. The third-order valence-corrected chi connectivity index (χ3v) is 5.08. The number of halogens is 1. The minimum Gasteiger partial charge on any atom is -0.481 e. The lowest BCUT2D eigenvalue weighted by atomic mass is 9.73. The highest BCUT2D eigenvalue weighted by Crippen LogP contribution is 2.35. The molecule has 5 nitrogen and oxygen atoms in total. The Morgan fingerprint density at radius 2 is 2.04 bits per heavy atom. The van der Waals surface area contributed by atoms with Gasteiger partial charge in [-0.15, -0.1) is 0 Å². The van der Waals surface area contributed by atoms with E-state index in [9.17, 15) is 19.4 Å². The van der Waals surface area contributed by atoms with Crippen molar-refractivity contribution in [3.05, 3.63) is 65.2 Å². The fraction of sp³-hybridized carbons (Fsp3) is 0.400. The van der Waals surface area contributed by atoms with Gasteiger partial charge in [0.25, 0.3) is 0 Å². The lowest BCUT2D eigenvalue weighted by molar-refractivity contribution is -0.163. The van der Waals surface area contributed by atoms with Gasteiger partial charge in [0.1, 0.15) is 11.2 Å². The van der Waals surface area contributed by atoms with Crippen LogP contribution >= 0.6 is 0 Å². The first-order valence-corrected chi connectivity index (χ1v) is 8.69. The summed E-state index contributed by atoms with van der Waals surface area (Å²) in [6.45, 7) is 3.32. The topological polar surface area (TPSA) is 73.7 Å². The van der Waals surface area contributed by atoms with E-state index in [0.29, 0.717) is 25.1 Å². The molecule has 0 spiro atoms. The number of rotatable bonds is 5. The van der Waals surface area contributed by atoms with Crippen LogP contribution in [-0.2, 0) is 17.8 Å². The van der Waals surface area contributed by atoms with E-state index in [1.165, 1.54) is 12.1 Å². The molecule has 2 heterocycles. The number of pyridine rings is 1. The van der Waals surface area contributed by atoms with Gasteiger partial charge >= 0.3 is 5.97 Å². The van der Waals surface area contributed by atoms with Gasteiger partial charge < -0.3 is 10.2 Å². The number of aromatic nitrogens is 1. The van der Waals surface area contributed by atoms with Crippen LogP contribution in [0.2, 0.25) is 0 Å². The van der Waals surface area contributed by atoms with Crippen molar-refractivity contribution in [2.75, 3.05) is 13.1 Å². The van der Waals surface area contributed by atoms with Gasteiger partial charge in [-0.2, -0.15) is 0 Å². The molecule has 1 saturated heterocycles. The predicted octanol–water partition coefficient (Wildman–Crippen LogP) is 2.41. The maximum Gasteiger partial charge on any atom is 0.313 e. The molecule has 0 radical (unpaired) electrons. The van der Waals surface area contributed by atoms with Gasteiger partial charge in [0.2, 0.25) is 0 Å². The standard InChI is InChI=1S/C20H23FN2O3/c1-14-2-7-17(22-11-14)12-23-9-8-18(24)20(13-23,19(25)26)10-15-3-5-16(21)6-4-15/h2-7,11,18,24H,8-10,12-13H2,1H3,(H,25,26)/t18-,20-/m1/s1. The Labute approximate surface area is 152 Å². The van der Waals surface area contributed by atoms with Crippen LogP contribution in [-0.4, -0.2) is 45.3 Å². The number of hydrogen-bond donors (Lipinski definition) is 2. The predicted molar refractivity (Wildman–Crippen MR) is 95.0 cm³/mol. The first kappa shape index (κ1) is 18.5. The van der Waals surface area contributed by atoms with E-state index in [0.717, 1.165) is 11.3 Å². The Morgan fingerprint density at radius 1 is 1.31 bits per heavy atom. The molecule has 2 N–H and O–H groups in total. The Balaban J connectivity index is 1.81. The molecule has 1 fully saturated rings. The number of likely N-dealkylation sites (tertiary alicyclic amines) is 1. The summed E-state index contributed by atoms with van der Waals surface area (Å²) in [5.41, 5.74) is 1.32. The average Bonchev–Trinajstić information content (AvgIpc) is 2.61. The number of benzene rings is 1. The zero-order valence-corrected chi connectivity index (χ0v) is 14.7. The monoisotopic (exact) mass is 358 g/mol. The summed E-state index contributed by atoms with van der Waals surface area (Å²) in [7, 11) is 0. The van der Waals surface area contributed by atoms with Gasteiger partial charge in [0.15, 0.2) is 0 Å². The maximum absolute atomic E-state index is 13.1. The Morgan fingerprint density at radius 3 is 2.65 bits per heavy atom. The smallest absolute Gasteiger partial charge is 0.313 e. The summed E-state index contributed by atoms with van der Waals surface area (Å²) in [6, 6.07) is 9.69. The molecule has 2 atom stereocenters. The van der Waals surface area contributed by atoms with Crippen molar-refractivity contribution < 1.29 is 19.4 Å². The van der Waals surface area contributed by atoms with Crippen molar-refractivity contribution >= 4 is 5.97 Å². The SMILES string of the molecule is Cc1ccc(CN2CC[C@@H](O)[C@](Cc3ccc(F)cc3)(C(=O)O)C2)nc1. The molecule has 2 aromatic rings. The molecule has 1 aromatic heterocycles. The molecule has 6 heteroatoms. The number of carboxylic acids is 1. The fourth-order valence-corrected chi connectivity index (χ4v) is 3.55.